The van der Waals surface area contributed by atoms with Crippen LogP contribution in [0.4, 0.5) is 0 Å². The highest BCUT2D eigenvalue weighted by molar-refractivity contribution is 7.03. The molecule has 60 valence electrons. The Morgan fingerprint density at radius 3 is 2.92 bits per heavy atom. The normalized spacial score (nSPS) is 10.1. The van der Waals surface area contributed by atoms with E-state index in [0.717, 1.165) is 11.3 Å². The Labute approximate surface area is 78.2 Å². The zero-order valence-electron chi connectivity index (χ0n) is 5.94. The van der Waals surface area contributed by atoms with Crippen LogP contribution < -0.4 is 0 Å². The number of hydrogen-bond donors (Lipinski definition) is 0. The van der Waals surface area contributed by atoms with E-state index in [0.29, 0.717) is 5.15 Å². The minimum absolute atomic E-state index is 0.450. The quantitative estimate of drug-likeness (QED) is 0.659. The fourth-order valence-electron chi connectivity index (χ4n) is 0.823. The predicted molar refractivity (Wildman–Crippen MR) is 48.2 cm³/mol. The molecular formula is C7H4ClN3S. The summed E-state index contributed by atoms with van der Waals surface area (Å²) in [7, 11) is 0. The van der Waals surface area contributed by atoms with Gasteiger partial charge in [0.1, 0.15) is 11.5 Å². The molecule has 0 aromatic carbocycles. The Morgan fingerprint density at radius 1 is 1.33 bits per heavy atom. The fraction of sp³-hybridized carbons (Fsp3) is 0. The second-order valence-electron chi connectivity index (χ2n) is 2.14. The van der Waals surface area contributed by atoms with Crippen molar-refractivity contribution in [3.05, 3.63) is 29.1 Å². The maximum absolute atomic E-state index is 5.69. The van der Waals surface area contributed by atoms with Gasteiger partial charge >= 0.3 is 0 Å². The van der Waals surface area contributed by atoms with Crippen molar-refractivity contribution < 1.29 is 0 Å². The molecule has 0 aliphatic carbocycles. The van der Waals surface area contributed by atoms with Gasteiger partial charge in [0.05, 0.1) is 11.9 Å². The molecule has 3 nitrogen and oxygen atoms in total. The molecule has 0 fully saturated rings. The number of nitrogens with zero attached hydrogens (tertiary/aromatic N) is 3. The van der Waals surface area contributed by atoms with Gasteiger partial charge < -0.3 is 0 Å². The highest BCUT2D eigenvalue weighted by Crippen LogP contribution is 2.18. The van der Waals surface area contributed by atoms with Crippen LogP contribution in [0, 0.1) is 0 Å². The highest BCUT2D eigenvalue weighted by Gasteiger charge is 2.00. The fourth-order valence-corrected chi connectivity index (χ4v) is 1.50. The van der Waals surface area contributed by atoms with E-state index in [1.165, 1.54) is 17.9 Å². The van der Waals surface area contributed by atoms with Gasteiger partial charge in [0.25, 0.3) is 0 Å². The maximum atomic E-state index is 5.69. The van der Waals surface area contributed by atoms with Crippen LogP contribution >= 0.6 is 23.1 Å². The topological polar surface area (TPSA) is 38.7 Å². The van der Waals surface area contributed by atoms with Crippen molar-refractivity contribution >= 4 is 23.1 Å². The van der Waals surface area contributed by atoms with Crippen LogP contribution in [0.2, 0.25) is 5.15 Å². The van der Waals surface area contributed by atoms with E-state index < -0.39 is 0 Å². The van der Waals surface area contributed by atoms with Crippen molar-refractivity contribution in [1.29, 1.82) is 0 Å². The van der Waals surface area contributed by atoms with Crippen molar-refractivity contribution in [2.75, 3.05) is 0 Å². The van der Waals surface area contributed by atoms with Gasteiger partial charge in [-0.2, -0.15) is 0 Å². The van der Waals surface area contributed by atoms with Crippen molar-refractivity contribution in [1.82, 2.24) is 14.3 Å². The monoisotopic (exact) mass is 197 g/mol. The number of hydrogen-bond acceptors (Lipinski definition) is 4. The molecule has 0 aliphatic heterocycles. The average Bonchev–Trinajstić information content (AvgIpc) is 2.56. The summed E-state index contributed by atoms with van der Waals surface area (Å²) >= 11 is 7.08. The van der Waals surface area contributed by atoms with Gasteiger partial charge in [-0.05, 0) is 11.5 Å². The van der Waals surface area contributed by atoms with Crippen LogP contribution in [0.1, 0.15) is 0 Å². The second kappa shape index (κ2) is 3.16. The lowest BCUT2D eigenvalue weighted by atomic mass is 10.3. The zero-order valence-corrected chi connectivity index (χ0v) is 7.51. The third kappa shape index (κ3) is 1.44. The first-order valence-corrected chi connectivity index (χ1v) is 4.45. The van der Waals surface area contributed by atoms with Crippen molar-refractivity contribution in [3.63, 3.8) is 0 Å². The van der Waals surface area contributed by atoms with Crippen molar-refractivity contribution in [3.8, 4) is 11.3 Å². The minimum atomic E-state index is 0.450. The van der Waals surface area contributed by atoms with E-state index in [1.807, 2.05) is 5.38 Å². The third-order valence-electron chi connectivity index (χ3n) is 1.36. The Morgan fingerprint density at radius 2 is 2.25 bits per heavy atom. The van der Waals surface area contributed by atoms with Gasteiger partial charge in [-0.25, -0.2) is 14.3 Å². The van der Waals surface area contributed by atoms with Gasteiger partial charge in [0.15, 0.2) is 0 Å². The molecule has 0 saturated heterocycles. The van der Waals surface area contributed by atoms with Gasteiger partial charge in [0.2, 0.25) is 0 Å². The Balaban J connectivity index is 2.48. The Hall–Kier alpha value is -1.00. The summed E-state index contributed by atoms with van der Waals surface area (Å²) in [5.74, 6) is 0. The molecule has 0 aliphatic rings. The van der Waals surface area contributed by atoms with Gasteiger partial charge in [-0.15, -0.1) is 0 Å². The van der Waals surface area contributed by atoms with E-state index in [4.69, 9.17) is 11.6 Å². The van der Waals surface area contributed by atoms with Crippen LogP contribution in [0.3, 0.4) is 0 Å². The van der Waals surface area contributed by atoms with Gasteiger partial charge in [0, 0.05) is 17.0 Å². The summed E-state index contributed by atoms with van der Waals surface area (Å²) in [5.41, 5.74) is 1.79. The first kappa shape index (κ1) is 7.64. The van der Waals surface area contributed by atoms with Crippen molar-refractivity contribution in [2.24, 2.45) is 0 Å². The number of halogens is 1. The molecule has 2 aromatic heterocycles. The average molecular weight is 198 g/mol. The van der Waals surface area contributed by atoms with E-state index in [2.05, 4.69) is 14.3 Å². The predicted octanol–water partition coefficient (Wildman–Crippen LogP) is 2.25. The molecule has 12 heavy (non-hydrogen) atoms. The number of aromatic nitrogens is 3. The smallest absolute Gasteiger partial charge is 0.133 e. The van der Waals surface area contributed by atoms with Crippen LogP contribution in [0.5, 0.6) is 0 Å². The molecule has 0 unspecified atom stereocenters. The first-order chi connectivity index (χ1) is 5.86. The summed E-state index contributed by atoms with van der Waals surface area (Å²) in [4.78, 5) is 7.84. The summed E-state index contributed by atoms with van der Waals surface area (Å²) in [6, 6.07) is 1.71. The van der Waals surface area contributed by atoms with E-state index in [9.17, 15) is 0 Å². The molecule has 0 saturated carbocycles. The molecule has 2 aromatic rings. The maximum Gasteiger partial charge on any atom is 0.133 e. The van der Waals surface area contributed by atoms with E-state index in [-0.39, 0.29) is 0 Å². The molecule has 2 heterocycles. The van der Waals surface area contributed by atoms with Crippen LogP contribution in [-0.2, 0) is 0 Å². The number of rotatable bonds is 1. The molecule has 0 N–H and O–H groups in total. The van der Waals surface area contributed by atoms with Crippen LogP contribution in [0.15, 0.2) is 24.0 Å². The minimum Gasteiger partial charge on any atom is -0.236 e. The first-order valence-electron chi connectivity index (χ1n) is 3.23. The summed E-state index contributed by atoms with van der Waals surface area (Å²) in [5, 5.41) is 2.37. The van der Waals surface area contributed by atoms with E-state index in [1.54, 1.807) is 12.3 Å². The lowest BCUT2D eigenvalue weighted by Crippen LogP contribution is -1.82. The second-order valence-corrected chi connectivity index (χ2v) is 3.18. The molecule has 0 spiro atoms. The highest BCUT2D eigenvalue weighted by atomic mass is 35.5. The molecule has 0 atom stereocenters. The summed E-state index contributed by atoms with van der Waals surface area (Å²) in [6.07, 6.45) is 3.19. The lowest BCUT2D eigenvalue weighted by molar-refractivity contribution is 1.17. The Bertz CT molecular complexity index is 374. The SMILES string of the molecule is Clc1cc(-c2cnsc2)ncn1. The van der Waals surface area contributed by atoms with Gasteiger partial charge in [-0.1, -0.05) is 11.6 Å². The van der Waals surface area contributed by atoms with Gasteiger partial charge in [-0.3, -0.25) is 0 Å². The standard InChI is InChI=1S/C7H4ClN3S/c8-7-1-6(9-4-10-7)5-2-11-12-3-5/h1-4H. The van der Waals surface area contributed by atoms with E-state index >= 15 is 0 Å². The Kier molecular flexibility index (Phi) is 2.01. The molecule has 2 rings (SSSR count). The lowest BCUT2D eigenvalue weighted by Gasteiger charge is -1.93. The zero-order chi connectivity index (χ0) is 8.39. The molecule has 0 radical (unpaired) electrons. The molecule has 0 amide bonds. The van der Waals surface area contributed by atoms with Crippen LogP contribution in [-0.4, -0.2) is 14.3 Å². The summed E-state index contributed by atoms with van der Waals surface area (Å²) < 4.78 is 3.97. The van der Waals surface area contributed by atoms with Crippen LogP contribution in [0.25, 0.3) is 11.3 Å². The molecular weight excluding hydrogens is 194 g/mol. The molecule has 5 heteroatoms. The van der Waals surface area contributed by atoms with Crippen molar-refractivity contribution in [2.45, 2.75) is 0 Å². The summed E-state index contributed by atoms with van der Waals surface area (Å²) in [6.45, 7) is 0. The molecule has 0 bridgehead atoms. The third-order valence-corrected chi connectivity index (χ3v) is 2.15. The largest absolute Gasteiger partial charge is 0.236 e.